The number of ether oxygens (including phenoxy) is 8. The standard InChI is InChI=1S/C45H75FN2O12.CH4/c1-16-18-19-48(14)32-20-27(5)56-40(28(32)6)60-37-30(8)38(59-34-22-42(10,53-15)36(49)31(9)57-34)44(12,46)41(50)58-33(17-2)45(13,51)39-29(7)35(47-52)26(4)21-43(37,11)55-24-25(3)23-54-39;/h1,26-34,36-40,49,51-52H,3,17-24H2,2,4-15H3;1H4/b47-35+;/t26-,27-,28-,29+,30-,31+,32+,33-,34?,36+,37-,38+,39-,40?,42-,43-,44+,45-;/m1./s1. The number of hydrogen-bond acceptors (Lipinski definition) is 14. The Morgan fingerprint density at radius 3 is 2.28 bits per heavy atom. The molecule has 0 amide bonds. The molecule has 4 heterocycles. The Kier molecular flexibility index (Phi) is 18.4. The molecule has 2 unspecified atom stereocenters. The van der Waals surface area contributed by atoms with Gasteiger partial charge in [-0.2, -0.15) is 0 Å². The highest BCUT2D eigenvalue weighted by Crippen LogP contribution is 2.45. The second kappa shape index (κ2) is 21.2. The van der Waals surface area contributed by atoms with E-state index in [1.807, 2.05) is 34.7 Å². The molecule has 14 nitrogen and oxygen atoms in total. The molecule has 0 saturated carbocycles. The van der Waals surface area contributed by atoms with Crippen LogP contribution >= 0.6 is 0 Å². The van der Waals surface area contributed by atoms with Gasteiger partial charge in [0.1, 0.15) is 23.9 Å². The van der Waals surface area contributed by atoms with E-state index in [1.165, 1.54) is 14.0 Å². The van der Waals surface area contributed by atoms with E-state index in [0.29, 0.717) is 30.7 Å². The molecule has 61 heavy (non-hydrogen) atoms. The third-order valence-corrected chi connectivity index (χ3v) is 13.9. The van der Waals surface area contributed by atoms with Gasteiger partial charge < -0.3 is 58.2 Å². The molecule has 15 heteroatoms. The topological polar surface area (TPSA) is 167 Å². The highest BCUT2D eigenvalue weighted by Gasteiger charge is 2.59. The summed E-state index contributed by atoms with van der Waals surface area (Å²) in [4.78, 5) is 16.7. The number of cyclic esters (lactones) is 1. The maximum absolute atomic E-state index is 18.2. The van der Waals surface area contributed by atoms with E-state index in [2.05, 4.69) is 22.6 Å². The van der Waals surface area contributed by atoms with Crippen LogP contribution in [0.4, 0.5) is 4.39 Å². The van der Waals surface area contributed by atoms with Gasteiger partial charge in [-0.25, -0.2) is 9.18 Å². The molecule has 352 valence electrons. The predicted octanol–water partition coefficient (Wildman–Crippen LogP) is 6.06. The third-order valence-electron chi connectivity index (χ3n) is 13.9. The van der Waals surface area contributed by atoms with Gasteiger partial charge in [0.2, 0.25) is 5.67 Å². The first-order valence-corrected chi connectivity index (χ1v) is 21.7. The lowest BCUT2D eigenvalue weighted by molar-refractivity contribution is -0.320. The van der Waals surface area contributed by atoms with Gasteiger partial charge in [-0.1, -0.05) is 53.8 Å². The SMILES string of the molecule is C.C#CCCN(C)[C@H]1C[C@@H](C)OC(O[C@@H]2[C@@H](C)[C@H](OC3C[C@@](C)(OC)[C@@H](O)[C@H](C)O3)[C@](C)(F)C(=O)O[C@H](CC)[C@@](C)(O)[C@@H]3OCC(=C)CO[C@]2(C)C[C@@H](C)/C(=N\O)[C@@H]3C)[C@@H]1C. The van der Waals surface area contributed by atoms with Gasteiger partial charge in [0.05, 0.1) is 54.5 Å². The van der Waals surface area contributed by atoms with Gasteiger partial charge in [-0.15, -0.1) is 12.3 Å². The Balaban J connectivity index is 0.00000992. The molecule has 0 aromatic rings. The Hall–Kier alpha value is -2.23. The average Bonchev–Trinajstić information content (AvgIpc) is 3.19. The molecule has 4 rings (SSSR count). The number of halogens is 1. The van der Waals surface area contributed by atoms with Crippen LogP contribution in [0, 0.1) is 36.0 Å². The zero-order valence-electron chi connectivity index (χ0n) is 38.3. The molecule has 4 fully saturated rings. The number of oxime groups is 1. The average molecular weight is 871 g/mol. The number of hydrogen-bond donors (Lipinski definition) is 3. The summed E-state index contributed by atoms with van der Waals surface area (Å²) in [5.74, 6) is -1.07. The molecule has 0 radical (unpaired) electrons. The fraction of sp³-hybridized carbons (Fsp3) is 0.870. The number of nitrogens with zero attached hydrogens (tertiary/aromatic N) is 2. The minimum atomic E-state index is -2.90. The molecule has 0 spiro atoms. The number of aliphatic hydroxyl groups excluding tert-OH is 1. The monoisotopic (exact) mass is 871 g/mol. The summed E-state index contributed by atoms with van der Waals surface area (Å²) in [5.41, 5.74) is -6.46. The molecule has 4 aliphatic heterocycles. The molecule has 2 bridgehead atoms. The lowest BCUT2D eigenvalue weighted by Crippen LogP contribution is -2.63. The number of alkyl halides is 1. The molecule has 18 atom stereocenters. The Bertz CT molecular complexity index is 1540. The highest BCUT2D eigenvalue weighted by molar-refractivity contribution is 5.88. The largest absolute Gasteiger partial charge is 0.457 e. The number of aliphatic hydroxyl groups is 2. The number of methoxy groups -OCH3 is 1. The van der Waals surface area contributed by atoms with Crippen LogP contribution in [0.3, 0.4) is 0 Å². The van der Waals surface area contributed by atoms with Crippen LogP contribution in [0.2, 0.25) is 0 Å². The van der Waals surface area contributed by atoms with Gasteiger partial charge in [-0.3, -0.25) is 0 Å². The fourth-order valence-electron chi connectivity index (χ4n) is 10.2. The van der Waals surface area contributed by atoms with Crippen LogP contribution in [0.1, 0.15) is 116 Å². The summed E-state index contributed by atoms with van der Waals surface area (Å²) in [5, 5.41) is 37.9. The Morgan fingerprint density at radius 2 is 1.69 bits per heavy atom. The summed E-state index contributed by atoms with van der Waals surface area (Å²) in [6.45, 7) is 23.7. The van der Waals surface area contributed by atoms with Crippen molar-refractivity contribution in [1.29, 1.82) is 0 Å². The Labute approximate surface area is 365 Å². The minimum Gasteiger partial charge on any atom is -0.457 e. The number of carbonyl (C=O) groups is 1. The van der Waals surface area contributed by atoms with Gasteiger partial charge in [-0.05, 0) is 73.4 Å². The molecule has 0 aromatic carbocycles. The lowest BCUT2D eigenvalue weighted by Gasteiger charge is -2.51. The fourth-order valence-corrected chi connectivity index (χ4v) is 10.2. The summed E-state index contributed by atoms with van der Waals surface area (Å²) in [6, 6.07) is 0.00599. The van der Waals surface area contributed by atoms with Gasteiger partial charge in [0.15, 0.2) is 12.6 Å². The van der Waals surface area contributed by atoms with Crippen molar-refractivity contribution in [2.75, 3.05) is 33.9 Å². The van der Waals surface area contributed by atoms with E-state index < -0.39 is 95.4 Å². The van der Waals surface area contributed by atoms with Crippen LogP contribution in [0.25, 0.3) is 0 Å². The van der Waals surface area contributed by atoms with Crippen molar-refractivity contribution in [3.63, 3.8) is 0 Å². The second-order valence-corrected chi connectivity index (χ2v) is 18.9. The van der Waals surface area contributed by atoms with E-state index in [0.717, 1.165) is 6.92 Å². The lowest BCUT2D eigenvalue weighted by atomic mass is 9.73. The first-order chi connectivity index (χ1) is 27.9. The maximum atomic E-state index is 18.2. The predicted molar refractivity (Wildman–Crippen MR) is 230 cm³/mol. The van der Waals surface area contributed by atoms with Crippen molar-refractivity contribution < 1.29 is 62.5 Å². The molecule has 0 aromatic heterocycles. The number of terminal acetylenes is 1. The maximum Gasteiger partial charge on any atom is 0.346 e. The first kappa shape index (κ1) is 53.1. The number of fused-ring (bicyclic) bond motifs is 5. The second-order valence-electron chi connectivity index (χ2n) is 18.9. The van der Waals surface area contributed by atoms with Gasteiger partial charge >= 0.3 is 5.97 Å². The van der Waals surface area contributed by atoms with Crippen LogP contribution in [-0.2, 0) is 42.7 Å². The summed E-state index contributed by atoms with van der Waals surface area (Å²) in [7, 11) is 3.49. The molecular formula is C46H79FN2O12. The van der Waals surface area contributed by atoms with E-state index in [1.54, 1.807) is 34.6 Å². The van der Waals surface area contributed by atoms with E-state index in [4.69, 9.17) is 44.3 Å². The first-order valence-electron chi connectivity index (χ1n) is 21.7. The van der Waals surface area contributed by atoms with Crippen molar-refractivity contribution in [3.05, 3.63) is 12.2 Å². The molecule has 4 aliphatic rings. The normalized spacial score (nSPS) is 46.4. The zero-order valence-corrected chi connectivity index (χ0v) is 38.3. The Morgan fingerprint density at radius 1 is 1.03 bits per heavy atom. The minimum absolute atomic E-state index is 0. The van der Waals surface area contributed by atoms with Crippen molar-refractivity contribution in [1.82, 2.24) is 4.90 Å². The van der Waals surface area contributed by atoms with E-state index in [9.17, 15) is 20.2 Å². The van der Waals surface area contributed by atoms with Crippen LogP contribution in [0.5, 0.6) is 0 Å². The van der Waals surface area contributed by atoms with Gasteiger partial charge in [0, 0.05) is 56.2 Å². The third kappa shape index (κ3) is 11.4. The van der Waals surface area contributed by atoms with Crippen LogP contribution in [-0.4, -0.2) is 150 Å². The van der Waals surface area contributed by atoms with Crippen molar-refractivity contribution in [2.45, 2.75) is 200 Å². The quantitative estimate of drug-likeness (QED) is 0.0806. The number of rotatable bonds is 9. The molecule has 0 aliphatic carbocycles. The highest BCUT2D eigenvalue weighted by atomic mass is 19.1. The van der Waals surface area contributed by atoms with E-state index >= 15 is 4.39 Å². The van der Waals surface area contributed by atoms with Crippen LogP contribution < -0.4 is 0 Å². The molecular weight excluding hydrogens is 792 g/mol. The van der Waals surface area contributed by atoms with Crippen molar-refractivity contribution in [3.8, 4) is 12.3 Å². The zero-order chi connectivity index (χ0) is 45.1. The number of esters is 1. The van der Waals surface area contributed by atoms with Crippen LogP contribution in [0.15, 0.2) is 17.3 Å². The summed E-state index contributed by atoms with van der Waals surface area (Å²) < 4.78 is 69.9. The number of carbonyl (C=O) groups excluding carboxylic acids is 1. The van der Waals surface area contributed by atoms with Crippen molar-refractivity contribution in [2.24, 2.45) is 28.8 Å². The molecule has 3 N–H and O–H groups in total. The summed E-state index contributed by atoms with van der Waals surface area (Å²) in [6.07, 6.45) is -2.03. The summed E-state index contributed by atoms with van der Waals surface area (Å²) >= 11 is 0. The smallest absolute Gasteiger partial charge is 0.346 e. The molecule has 4 saturated heterocycles. The van der Waals surface area contributed by atoms with Crippen molar-refractivity contribution >= 4 is 11.7 Å². The van der Waals surface area contributed by atoms with Gasteiger partial charge in [0.25, 0.3) is 0 Å². The van der Waals surface area contributed by atoms with E-state index in [-0.39, 0.29) is 58.0 Å².